The van der Waals surface area contributed by atoms with Crippen LogP contribution in [0.2, 0.25) is 0 Å². The molecule has 0 radical (unpaired) electrons. The summed E-state index contributed by atoms with van der Waals surface area (Å²) < 4.78 is 5.24. The van der Waals surface area contributed by atoms with Gasteiger partial charge in [0.2, 0.25) is 0 Å². The first-order valence-corrected chi connectivity index (χ1v) is 3.36. The smallest absolute Gasteiger partial charge is 0.140 e. The van der Waals surface area contributed by atoms with Crippen LogP contribution in [-0.2, 0) is 9.53 Å². The van der Waals surface area contributed by atoms with Gasteiger partial charge < -0.3 is 4.74 Å². The van der Waals surface area contributed by atoms with Gasteiger partial charge in [0.25, 0.3) is 0 Å². The molecular weight excluding hydrogens is 116 g/mol. The molecule has 1 aliphatic heterocycles. The van der Waals surface area contributed by atoms with Crippen LogP contribution in [0.3, 0.4) is 0 Å². The fourth-order valence-electron chi connectivity index (χ4n) is 0.979. The van der Waals surface area contributed by atoms with Crippen LogP contribution in [0.1, 0.15) is 20.3 Å². The Hall–Kier alpha value is -0.370. The maximum atomic E-state index is 10.9. The predicted molar refractivity (Wildman–Crippen MR) is 34.2 cm³/mol. The first kappa shape index (κ1) is 6.75. The maximum absolute atomic E-state index is 10.9. The molecule has 1 fully saturated rings. The molecule has 0 spiro atoms. The van der Waals surface area contributed by atoms with Gasteiger partial charge in [-0.2, -0.15) is 0 Å². The van der Waals surface area contributed by atoms with E-state index < -0.39 is 0 Å². The van der Waals surface area contributed by atoms with Gasteiger partial charge in [-0.25, -0.2) is 0 Å². The van der Waals surface area contributed by atoms with E-state index in [1.165, 1.54) is 0 Å². The Morgan fingerprint density at radius 2 is 2.22 bits per heavy atom. The molecule has 9 heavy (non-hydrogen) atoms. The van der Waals surface area contributed by atoms with Crippen LogP contribution >= 0.6 is 0 Å². The minimum atomic E-state index is 0.110. The van der Waals surface area contributed by atoms with Crippen molar-refractivity contribution in [1.82, 2.24) is 0 Å². The fourth-order valence-corrected chi connectivity index (χ4v) is 0.979. The van der Waals surface area contributed by atoms with Gasteiger partial charge in [0.15, 0.2) is 0 Å². The highest BCUT2D eigenvalue weighted by Gasteiger charge is 2.24. The van der Waals surface area contributed by atoms with Crippen LogP contribution in [0.15, 0.2) is 0 Å². The first-order valence-electron chi connectivity index (χ1n) is 3.36. The quantitative estimate of drug-likeness (QED) is 0.486. The Morgan fingerprint density at radius 1 is 1.56 bits per heavy atom. The minimum absolute atomic E-state index is 0.110. The molecule has 52 valence electrons. The van der Waals surface area contributed by atoms with Crippen molar-refractivity contribution >= 4 is 5.78 Å². The third-order valence-corrected chi connectivity index (χ3v) is 1.94. The highest BCUT2D eigenvalue weighted by atomic mass is 16.5. The summed E-state index contributed by atoms with van der Waals surface area (Å²) in [4.78, 5) is 10.9. The van der Waals surface area contributed by atoms with E-state index >= 15 is 0 Å². The molecule has 0 amide bonds. The monoisotopic (exact) mass is 128 g/mol. The summed E-state index contributed by atoms with van der Waals surface area (Å²) in [6, 6.07) is 0. The van der Waals surface area contributed by atoms with Gasteiger partial charge in [0.05, 0.1) is 12.7 Å². The second kappa shape index (κ2) is 2.48. The van der Waals surface area contributed by atoms with Crippen LogP contribution in [0.4, 0.5) is 0 Å². The molecule has 0 aromatic rings. The lowest BCUT2D eigenvalue weighted by atomic mass is 9.96. The lowest BCUT2D eigenvalue weighted by Crippen LogP contribution is -2.32. The number of ketones is 1. The normalized spacial score (nSPS) is 36.9. The molecule has 2 atom stereocenters. The summed E-state index contributed by atoms with van der Waals surface area (Å²) in [5.41, 5.74) is 0. The van der Waals surface area contributed by atoms with Gasteiger partial charge in [0, 0.05) is 12.3 Å². The largest absolute Gasteiger partial charge is 0.377 e. The minimum Gasteiger partial charge on any atom is -0.377 e. The second-order valence-corrected chi connectivity index (χ2v) is 2.58. The van der Waals surface area contributed by atoms with Crippen LogP contribution in [0, 0.1) is 5.92 Å². The van der Waals surface area contributed by atoms with E-state index in [-0.39, 0.29) is 12.0 Å². The molecule has 1 heterocycles. The van der Waals surface area contributed by atoms with Crippen molar-refractivity contribution in [3.63, 3.8) is 0 Å². The lowest BCUT2D eigenvalue weighted by Gasteiger charge is -2.24. The van der Waals surface area contributed by atoms with Crippen LogP contribution < -0.4 is 0 Å². The zero-order valence-electron chi connectivity index (χ0n) is 5.89. The molecule has 0 saturated carbocycles. The van der Waals surface area contributed by atoms with E-state index in [1.54, 1.807) is 0 Å². The Bertz CT molecular complexity index is 120. The number of hydrogen-bond acceptors (Lipinski definition) is 2. The van der Waals surface area contributed by atoms with Crippen molar-refractivity contribution in [2.75, 3.05) is 6.61 Å². The molecule has 2 heteroatoms. The zero-order valence-corrected chi connectivity index (χ0v) is 5.89. The zero-order chi connectivity index (χ0) is 6.85. The number of ether oxygens (including phenoxy) is 1. The molecule has 2 nitrogen and oxygen atoms in total. The van der Waals surface area contributed by atoms with Gasteiger partial charge in [-0.05, 0) is 6.92 Å². The van der Waals surface area contributed by atoms with E-state index in [1.807, 2.05) is 13.8 Å². The van der Waals surface area contributed by atoms with E-state index in [0.717, 1.165) is 0 Å². The average molecular weight is 128 g/mol. The van der Waals surface area contributed by atoms with Gasteiger partial charge >= 0.3 is 0 Å². The van der Waals surface area contributed by atoms with Gasteiger partial charge in [-0.1, -0.05) is 6.92 Å². The van der Waals surface area contributed by atoms with Gasteiger partial charge in [-0.15, -0.1) is 0 Å². The fraction of sp³-hybridized carbons (Fsp3) is 0.857. The van der Waals surface area contributed by atoms with E-state index in [4.69, 9.17) is 4.74 Å². The van der Waals surface area contributed by atoms with Crippen molar-refractivity contribution < 1.29 is 9.53 Å². The number of carbonyl (C=O) groups excluding carboxylic acids is 1. The van der Waals surface area contributed by atoms with E-state index in [9.17, 15) is 4.79 Å². The molecule has 0 N–H and O–H groups in total. The van der Waals surface area contributed by atoms with Crippen LogP contribution in [0.5, 0.6) is 0 Å². The van der Waals surface area contributed by atoms with Crippen LogP contribution in [-0.4, -0.2) is 18.5 Å². The summed E-state index contributed by atoms with van der Waals surface area (Å²) in [7, 11) is 0. The molecule has 1 saturated heterocycles. The number of Topliss-reactive ketones (excluding diaryl/α,β-unsaturated/α-hetero) is 1. The Morgan fingerprint density at radius 3 is 2.67 bits per heavy atom. The Balaban J connectivity index is 2.51. The summed E-state index contributed by atoms with van der Waals surface area (Å²) in [5, 5.41) is 0. The SMILES string of the molecule is C[C@@H]1C(=O)CCO[C@@H]1C. The Kier molecular flexibility index (Phi) is 1.86. The third-order valence-electron chi connectivity index (χ3n) is 1.94. The summed E-state index contributed by atoms with van der Waals surface area (Å²) in [6.45, 7) is 4.48. The summed E-state index contributed by atoms with van der Waals surface area (Å²) >= 11 is 0. The van der Waals surface area contributed by atoms with Crippen molar-refractivity contribution in [2.24, 2.45) is 5.92 Å². The van der Waals surface area contributed by atoms with E-state index in [2.05, 4.69) is 0 Å². The molecule has 1 rings (SSSR count). The molecule has 0 bridgehead atoms. The molecule has 0 aromatic heterocycles. The van der Waals surface area contributed by atoms with Gasteiger partial charge in [0.1, 0.15) is 5.78 Å². The lowest BCUT2D eigenvalue weighted by molar-refractivity contribution is -0.134. The number of rotatable bonds is 0. The highest BCUT2D eigenvalue weighted by molar-refractivity contribution is 5.81. The maximum Gasteiger partial charge on any atom is 0.140 e. The summed E-state index contributed by atoms with van der Waals surface area (Å²) in [6.07, 6.45) is 0.733. The predicted octanol–water partition coefficient (Wildman–Crippen LogP) is 1.00. The average Bonchev–Trinajstić information content (AvgIpc) is 1.83. The van der Waals surface area contributed by atoms with Crippen molar-refractivity contribution in [3.05, 3.63) is 0 Å². The molecule has 0 aliphatic carbocycles. The highest BCUT2D eigenvalue weighted by Crippen LogP contribution is 2.15. The van der Waals surface area contributed by atoms with Crippen molar-refractivity contribution in [2.45, 2.75) is 26.4 Å². The number of carbonyl (C=O) groups is 1. The molecule has 0 unspecified atom stereocenters. The third kappa shape index (κ3) is 1.30. The van der Waals surface area contributed by atoms with Crippen LogP contribution in [0.25, 0.3) is 0 Å². The molecule has 1 aliphatic rings. The number of hydrogen-bond donors (Lipinski definition) is 0. The van der Waals surface area contributed by atoms with E-state index in [0.29, 0.717) is 18.8 Å². The topological polar surface area (TPSA) is 26.3 Å². The Labute approximate surface area is 55.2 Å². The van der Waals surface area contributed by atoms with Gasteiger partial charge in [-0.3, -0.25) is 4.79 Å². The molecule has 0 aromatic carbocycles. The first-order chi connectivity index (χ1) is 4.22. The second-order valence-electron chi connectivity index (χ2n) is 2.58. The standard InChI is InChI=1S/C7H12O2/c1-5-6(2)9-4-3-7(5)8/h5-6H,3-4H2,1-2H3/t5-,6+/m0/s1. The molecular formula is C7H12O2. The summed E-state index contributed by atoms with van der Waals surface area (Å²) in [5.74, 6) is 0.451. The van der Waals surface area contributed by atoms with Crippen molar-refractivity contribution in [1.29, 1.82) is 0 Å². The van der Waals surface area contributed by atoms with Crippen molar-refractivity contribution in [3.8, 4) is 0 Å².